The van der Waals surface area contributed by atoms with Gasteiger partial charge in [-0.3, -0.25) is 14.6 Å². The Bertz CT molecular complexity index is 340. The number of hydrogen-bond acceptors (Lipinski definition) is 3. The van der Waals surface area contributed by atoms with Crippen LogP contribution in [-0.4, -0.2) is 60.6 Å². The van der Waals surface area contributed by atoms with E-state index in [-0.39, 0.29) is 18.0 Å². The third-order valence-electron chi connectivity index (χ3n) is 3.71. The monoisotopic (exact) mass is 269 g/mol. The lowest BCUT2D eigenvalue weighted by atomic mass is 10.0. The number of imide groups is 1. The van der Waals surface area contributed by atoms with Crippen LogP contribution in [0.1, 0.15) is 26.7 Å². The van der Waals surface area contributed by atoms with Crippen LogP contribution in [0.25, 0.3) is 0 Å². The number of carbonyl (C=O) groups excluding carboxylic acids is 2. The molecule has 1 unspecified atom stereocenters. The quantitative estimate of drug-likeness (QED) is 0.619. The first kappa shape index (κ1) is 14.3. The van der Waals surface area contributed by atoms with E-state index in [1.807, 2.05) is 0 Å². The lowest BCUT2D eigenvalue weighted by Gasteiger charge is -2.16. The maximum Gasteiger partial charge on any atom is 0.324 e. The molecule has 0 spiro atoms. The van der Waals surface area contributed by atoms with Crippen molar-refractivity contribution < 1.29 is 14.9 Å². The van der Waals surface area contributed by atoms with Crippen molar-refractivity contribution in [1.29, 1.82) is 0 Å². The van der Waals surface area contributed by atoms with Gasteiger partial charge in [0, 0.05) is 13.1 Å². The summed E-state index contributed by atoms with van der Waals surface area (Å²) in [5.74, 6) is 0.362. The molecule has 0 bridgehead atoms. The molecule has 2 aliphatic heterocycles. The van der Waals surface area contributed by atoms with Gasteiger partial charge in [-0.05, 0) is 18.8 Å². The van der Waals surface area contributed by atoms with Gasteiger partial charge in [0.05, 0.1) is 13.1 Å². The SMILES string of the molecule is CC(C)CC1NC(=O)N(CCCN2CC[NH2+]C2)C1=O. The first-order chi connectivity index (χ1) is 9.08. The average Bonchev–Trinajstić information content (AvgIpc) is 2.92. The fourth-order valence-corrected chi connectivity index (χ4v) is 2.71. The molecule has 108 valence electrons. The van der Waals surface area contributed by atoms with Crippen LogP contribution < -0.4 is 10.6 Å². The van der Waals surface area contributed by atoms with Crippen molar-refractivity contribution in [3.8, 4) is 0 Å². The molecule has 6 nitrogen and oxygen atoms in total. The molecule has 3 amide bonds. The first-order valence-electron chi connectivity index (χ1n) is 7.24. The van der Waals surface area contributed by atoms with E-state index in [0.717, 1.165) is 39.1 Å². The molecule has 19 heavy (non-hydrogen) atoms. The minimum absolute atomic E-state index is 0.0494. The second-order valence-electron chi connectivity index (χ2n) is 5.85. The summed E-state index contributed by atoms with van der Waals surface area (Å²) in [6, 6.07) is -0.531. The highest BCUT2D eigenvalue weighted by Crippen LogP contribution is 2.14. The van der Waals surface area contributed by atoms with Gasteiger partial charge in [0.2, 0.25) is 0 Å². The van der Waals surface area contributed by atoms with Crippen molar-refractivity contribution in [2.24, 2.45) is 5.92 Å². The number of nitrogens with zero attached hydrogens (tertiary/aromatic N) is 2. The van der Waals surface area contributed by atoms with E-state index in [1.54, 1.807) is 0 Å². The molecule has 3 N–H and O–H groups in total. The largest absolute Gasteiger partial charge is 0.333 e. The summed E-state index contributed by atoms with van der Waals surface area (Å²) in [6.45, 7) is 8.92. The van der Waals surface area contributed by atoms with Crippen LogP contribution in [-0.2, 0) is 4.79 Å². The topological polar surface area (TPSA) is 69.3 Å². The zero-order valence-corrected chi connectivity index (χ0v) is 11.9. The van der Waals surface area contributed by atoms with Crippen LogP contribution in [0.5, 0.6) is 0 Å². The molecule has 0 aromatic carbocycles. The fraction of sp³-hybridized carbons (Fsp3) is 0.846. The maximum absolute atomic E-state index is 12.1. The highest BCUT2D eigenvalue weighted by molar-refractivity contribution is 6.04. The third-order valence-corrected chi connectivity index (χ3v) is 3.71. The number of hydrogen-bond donors (Lipinski definition) is 2. The number of carbonyl (C=O) groups is 2. The van der Waals surface area contributed by atoms with Crippen molar-refractivity contribution in [2.45, 2.75) is 32.7 Å². The molecule has 0 aliphatic carbocycles. The third kappa shape index (κ3) is 3.67. The van der Waals surface area contributed by atoms with Crippen LogP contribution in [0.4, 0.5) is 4.79 Å². The molecule has 0 radical (unpaired) electrons. The maximum atomic E-state index is 12.1. The minimum Gasteiger partial charge on any atom is -0.333 e. The number of nitrogens with one attached hydrogen (secondary N) is 1. The van der Waals surface area contributed by atoms with Crippen molar-refractivity contribution in [3.63, 3.8) is 0 Å². The lowest BCUT2D eigenvalue weighted by Crippen LogP contribution is -2.82. The van der Waals surface area contributed by atoms with E-state index in [1.165, 1.54) is 4.90 Å². The highest BCUT2D eigenvalue weighted by atomic mass is 16.2. The molecule has 0 aromatic rings. The van der Waals surface area contributed by atoms with Crippen molar-refractivity contribution in [2.75, 3.05) is 32.8 Å². The van der Waals surface area contributed by atoms with E-state index < -0.39 is 0 Å². The first-order valence-corrected chi connectivity index (χ1v) is 7.24. The Kier molecular flexibility index (Phi) is 4.76. The van der Waals surface area contributed by atoms with Crippen molar-refractivity contribution in [3.05, 3.63) is 0 Å². The second-order valence-corrected chi connectivity index (χ2v) is 5.85. The number of rotatable bonds is 6. The molecule has 2 aliphatic rings. The van der Waals surface area contributed by atoms with E-state index in [4.69, 9.17) is 0 Å². The van der Waals surface area contributed by atoms with Gasteiger partial charge in [0.15, 0.2) is 0 Å². The van der Waals surface area contributed by atoms with Gasteiger partial charge in [-0.1, -0.05) is 13.8 Å². The standard InChI is InChI=1S/C13H24N4O2/c1-10(2)8-11-12(18)17(13(19)15-11)6-3-5-16-7-4-14-9-16/h10-11,14H,3-9H2,1-2H3,(H,15,19)/p+1. The molecule has 1 atom stereocenters. The molecular weight excluding hydrogens is 244 g/mol. The van der Waals surface area contributed by atoms with E-state index in [9.17, 15) is 9.59 Å². The fourth-order valence-electron chi connectivity index (χ4n) is 2.71. The van der Waals surface area contributed by atoms with Gasteiger partial charge in [0.1, 0.15) is 12.7 Å². The number of urea groups is 1. The normalized spacial score (nSPS) is 24.6. The molecule has 0 aromatic heterocycles. The van der Waals surface area contributed by atoms with Crippen LogP contribution in [0.15, 0.2) is 0 Å². The van der Waals surface area contributed by atoms with Gasteiger partial charge >= 0.3 is 6.03 Å². The molecule has 0 saturated carbocycles. The van der Waals surface area contributed by atoms with Gasteiger partial charge in [-0.2, -0.15) is 0 Å². The smallest absolute Gasteiger partial charge is 0.324 e. The Morgan fingerprint density at radius 2 is 2.16 bits per heavy atom. The summed E-state index contributed by atoms with van der Waals surface area (Å²) >= 11 is 0. The summed E-state index contributed by atoms with van der Waals surface area (Å²) < 4.78 is 0. The molecule has 6 heteroatoms. The Hall–Kier alpha value is -1.14. The van der Waals surface area contributed by atoms with Gasteiger partial charge in [0.25, 0.3) is 5.91 Å². The molecule has 2 fully saturated rings. The Morgan fingerprint density at radius 3 is 2.79 bits per heavy atom. The highest BCUT2D eigenvalue weighted by Gasteiger charge is 2.37. The van der Waals surface area contributed by atoms with Crippen LogP contribution >= 0.6 is 0 Å². The Balaban J connectivity index is 1.76. The summed E-state index contributed by atoms with van der Waals surface area (Å²) in [7, 11) is 0. The second kappa shape index (κ2) is 6.34. The van der Waals surface area contributed by atoms with Crippen molar-refractivity contribution >= 4 is 11.9 Å². The number of amides is 3. The summed E-state index contributed by atoms with van der Waals surface area (Å²) in [5.41, 5.74) is 0. The molecular formula is C13H25N4O2+. The minimum atomic E-state index is -0.312. The Morgan fingerprint density at radius 1 is 1.37 bits per heavy atom. The summed E-state index contributed by atoms with van der Waals surface area (Å²) in [6.07, 6.45) is 1.59. The predicted octanol–water partition coefficient (Wildman–Crippen LogP) is -0.820. The average molecular weight is 269 g/mol. The molecule has 2 heterocycles. The van der Waals surface area contributed by atoms with E-state index >= 15 is 0 Å². The summed E-state index contributed by atoms with van der Waals surface area (Å²) in [5, 5.41) is 5.05. The summed E-state index contributed by atoms with van der Waals surface area (Å²) in [4.78, 5) is 27.6. The molecule has 2 rings (SSSR count). The Labute approximate surface area is 114 Å². The number of nitrogens with two attached hydrogens (primary N) is 1. The molecule has 2 saturated heterocycles. The van der Waals surface area contributed by atoms with Gasteiger partial charge < -0.3 is 10.6 Å². The van der Waals surface area contributed by atoms with Crippen LogP contribution in [0.3, 0.4) is 0 Å². The van der Waals surface area contributed by atoms with Gasteiger partial charge in [-0.25, -0.2) is 4.79 Å². The van der Waals surface area contributed by atoms with Crippen molar-refractivity contribution in [1.82, 2.24) is 15.1 Å². The van der Waals surface area contributed by atoms with Gasteiger partial charge in [-0.15, -0.1) is 0 Å². The predicted molar refractivity (Wildman–Crippen MR) is 71.3 cm³/mol. The van der Waals surface area contributed by atoms with Crippen LogP contribution in [0, 0.1) is 5.92 Å². The zero-order valence-electron chi connectivity index (χ0n) is 11.9. The van der Waals surface area contributed by atoms with Crippen LogP contribution in [0.2, 0.25) is 0 Å². The lowest BCUT2D eigenvalue weighted by molar-refractivity contribution is -0.642. The zero-order chi connectivity index (χ0) is 13.8. The van der Waals surface area contributed by atoms with E-state index in [2.05, 4.69) is 29.4 Å². The van der Waals surface area contributed by atoms with E-state index in [0.29, 0.717) is 12.5 Å². The number of quaternary nitrogens is 1.